The van der Waals surface area contributed by atoms with Crippen molar-refractivity contribution in [3.05, 3.63) is 57.7 Å². The van der Waals surface area contributed by atoms with E-state index in [1.165, 1.54) is 18.4 Å². The van der Waals surface area contributed by atoms with Gasteiger partial charge in [-0.15, -0.1) is 11.3 Å². The molecular weight excluding hydrogens is 417 g/mol. The van der Waals surface area contributed by atoms with E-state index in [1.807, 2.05) is 0 Å². The van der Waals surface area contributed by atoms with Gasteiger partial charge in [0.05, 0.1) is 24.8 Å². The lowest BCUT2D eigenvalue weighted by Crippen LogP contribution is -2.20. The number of nitrogens with zero attached hydrogens (tertiary/aromatic N) is 2. The summed E-state index contributed by atoms with van der Waals surface area (Å²) in [5.74, 6) is -0.453. The van der Waals surface area contributed by atoms with Crippen LogP contribution in [0.5, 0.6) is 17.2 Å². The van der Waals surface area contributed by atoms with Crippen LogP contribution in [0.25, 0.3) is 11.3 Å². The minimum atomic E-state index is -0.721. The van der Waals surface area contributed by atoms with Crippen LogP contribution in [0, 0.1) is 15.9 Å². The highest BCUT2D eigenvalue weighted by molar-refractivity contribution is 7.14. The summed E-state index contributed by atoms with van der Waals surface area (Å²) in [6, 6.07) is 8.01. The number of benzene rings is 2. The Hall–Kier alpha value is -3.73. The number of aromatic nitrogens is 1. The fourth-order valence-corrected chi connectivity index (χ4v) is 3.25. The topological polar surface area (TPSA) is 113 Å². The van der Waals surface area contributed by atoms with E-state index in [2.05, 4.69) is 10.3 Å². The van der Waals surface area contributed by atoms with Crippen molar-refractivity contribution < 1.29 is 28.3 Å². The molecule has 2 aromatic carbocycles. The number of ether oxygens (including phenoxy) is 3. The summed E-state index contributed by atoms with van der Waals surface area (Å²) >= 11 is 1.17. The molecule has 11 heteroatoms. The van der Waals surface area contributed by atoms with Crippen LogP contribution in [0.1, 0.15) is 0 Å². The van der Waals surface area contributed by atoms with Gasteiger partial charge in [0, 0.05) is 23.1 Å². The van der Waals surface area contributed by atoms with Crippen LogP contribution in [0.2, 0.25) is 0 Å². The van der Waals surface area contributed by atoms with Crippen molar-refractivity contribution in [1.82, 2.24) is 4.98 Å². The van der Waals surface area contributed by atoms with Gasteiger partial charge in [0.25, 0.3) is 5.91 Å². The second kappa shape index (κ2) is 9.18. The van der Waals surface area contributed by atoms with Gasteiger partial charge in [0.2, 0.25) is 5.75 Å². The van der Waals surface area contributed by atoms with E-state index in [9.17, 15) is 19.3 Å². The summed E-state index contributed by atoms with van der Waals surface area (Å²) < 4.78 is 29.0. The zero-order valence-electron chi connectivity index (χ0n) is 15.9. The molecule has 1 N–H and O–H groups in total. The van der Waals surface area contributed by atoms with E-state index in [4.69, 9.17) is 14.2 Å². The van der Waals surface area contributed by atoms with Crippen LogP contribution in [0.4, 0.5) is 15.2 Å². The Bertz CT molecular complexity index is 1090. The van der Waals surface area contributed by atoms with Gasteiger partial charge in [-0.25, -0.2) is 9.37 Å². The minimum absolute atomic E-state index is 0.289. The molecular formula is C19H16FN3O6S. The third-order valence-corrected chi connectivity index (χ3v) is 4.67. The van der Waals surface area contributed by atoms with Crippen LogP contribution in [-0.4, -0.2) is 36.6 Å². The molecule has 0 aliphatic rings. The van der Waals surface area contributed by atoms with Gasteiger partial charge < -0.3 is 14.2 Å². The maximum absolute atomic E-state index is 13.3. The standard InChI is InChI=1S/C19H16FN3O6S/c1-27-12-4-6-16(28-2)13(8-12)14-10-30-19(21-14)22-18(24)9-29-17-7-11(20)3-5-15(17)23(25)26/h3-8,10H,9H2,1-2H3,(H,21,22,24). The average Bonchev–Trinajstić information content (AvgIpc) is 3.19. The number of hydrogen-bond donors (Lipinski definition) is 1. The van der Waals surface area contributed by atoms with E-state index in [0.29, 0.717) is 22.8 Å². The monoisotopic (exact) mass is 433 g/mol. The number of nitro benzene ring substituents is 1. The lowest BCUT2D eigenvalue weighted by molar-refractivity contribution is -0.385. The van der Waals surface area contributed by atoms with Crippen LogP contribution >= 0.6 is 11.3 Å². The van der Waals surface area contributed by atoms with Crippen LogP contribution in [-0.2, 0) is 4.79 Å². The number of rotatable bonds is 8. The summed E-state index contributed by atoms with van der Waals surface area (Å²) in [5, 5.41) is 15.5. The quantitative estimate of drug-likeness (QED) is 0.423. The summed E-state index contributed by atoms with van der Waals surface area (Å²) in [7, 11) is 3.07. The number of anilines is 1. The summed E-state index contributed by atoms with van der Waals surface area (Å²) in [6.45, 7) is -0.554. The van der Waals surface area contributed by atoms with Gasteiger partial charge in [0.1, 0.15) is 17.3 Å². The zero-order valence-corrected chi connectivity index (χ0v) is 16.7. The highest BCUT2D eigenvalue weighted by Crippen LogP contribution is 2.35. The minimum Gasteiger partial charge on any atom is -0.497 e. The Kier molecular flexibility index (Phi) is 6.42. The van der Waals surface area contributed by atoms with Gasteiger partial charge >= 0.3 is 5.69 Å². The van der Waals surface area contributed by atoms with Crippen molar-refractivity contribution >= 4 is 28.1 Å². The molecule has 0 unspecified atom stereocenters. The van der Waals surface area contributed by atoms with Gasteiger partial charge in [-0.2, -0.15) is 0 Å². The molecule has 0 saturated heterocycles. The van der Waals surface area contributed by atoms with Crippen molar-refractivity contribution in [1.29, 1.82) is 0 Å². The lowest BCUT2D eigenvalue weighted by atomic mass is 10.1. The third-order valence-electron chi connectivity index (χ3n) is 3.91. The molecule has 0 radical (unpaired) electrons. The number of carbonyl (C=O) groups excluding carboxylic acids is 1. The molecule has 30 heavy (non-hydrogen) atoms. The Labute approximate surface area is 174 Å². The Balaban J connectivity index is 1.69. The first-order valence-corrected chi connectivity index (χ1v) is 9.33. The van der Waals surface area contributed by atoms with Crippen molar-refractivity contribution in [2.75, 3.05) is 26.1 Å². The highest BCUT2D eigenvalue weighted by atomic mass is 32.1. The summed E-state index contributed by atoms with van der Waals surface area (Å²) in [6.07, 6.45) is 0. The number of hydrogen-bond acceptors (Lipinski definition) is 8. The van der Waals surface area contributed by atoms with E-state index in [1.54, 1.807) is 30.7 Å². The number of carbonyl (C=O) groups is 1. The number of nitrogens with one attached hydrogen (secondary N) is 1. The predicted octanol–water partition coefficient (Wildman–Crippen LogP) is 3.89. The molecule has 9 nitrogen and oxygen atoms in total. The maximum atomic E-state index is 13.3. The van der Waals surface area contributed by atoms with Gasteiger partial charge in [-0.1, -0.05) is 0 Å². The van der Waals surface area contributed by atoms with Crippen molar-refractivity contribution in [2.45, 2.75) is 0 Å². The molecule has 0 atom stereocenters. The smallest absolute Gasteiger partial charge is 0.311 e. The van der Waals surface area contributed by atoms with Crippen molar-refractivity contribution in [2.24, 2.45) is 0 Å². The number of halogens is 1. The molecule has 3 aromatic rings. The normalized spacial score (nSPS) is 10.4. The molecule has 0 aliphatic carbocycles. The number of amides is 1. The molecule has 0 bridgehead atoms. The molecule has 1 amide bonds. The molecule has 0 aliphatic heterocycles. The van der Waals surface area contributed by atoms with Gasteiger partial charge in [-0.3, -0.25) is 20.2 Å². The maximum Gasteiger partial charge on any atom is 0.311 e. The van der Waals surface area contributed by atoms with Crippen LogP contribution < -0.4 is 19.5 Å². The van der Waals surface area contributed by atoms with E-state index in [0.717, 1.165) is 18.2 Å². The number of thiazole rings is 1. The zero-order chi connectivity index (χ0) is 21.7. The first-order valence-electron chi connectivity index (χ1n) is 8.45. The molecule has 0 fully saturated rings. The van der Waals surface area contributed by atoms with Crippen molar-refractivity contribution in [3.8, 4) is 28.5 Å². The largest absolute Gasteiger partial charge is 0.497 e. The van der Waals surface area contributed by atoms with Crippen LogP contribution in [0.3, 0.4) is 0 Å². The summed E-state index contributed by atoms with van der Waals surface area (Å²) in [5.41, 5.74) is 0.804. The predicted molar refractivity (Wildman–Crippen MR) is 108 cm³/mol. The first kappa shape index (κ1) is 21.0. The Morgan fingerprint density at radius 1 is 1.20 bits per heavy atom. The lowest BCUT2D eigenvalue weighted by Gasteiger charge is -2.08. The van der Waals surface area contributed by atoms with Crippen LogP contribution in [0.15, 0.2) is 41.8 Å². The molecule has 1 aromatic heterocycles. The van der Waals surface area contributed by atoms with E-state index >= 15 is 0 Å². The third kappa shape index (κ3) is 4.81. The molecule has 0 spiro atoms. The van der Waals surface area contributed by atoms with E-state index in [-0.39, 0.29) is 10.9 Å². The highest BCUT2D eigenvalue weighted by Gasteiger charge is 2.18. The molecule has 3 rings (SSSR count). The number of nitro groups is 1. The average molecular weight is 433 g/mol. The fraction of sp³-hybridized carbons (Fsp3) is 0.158. The second-order valence-corrected chi connectivity index (χ2v) is 6.67. The molecule has 156 valence electrons. The molecule has 0 saturated carbocycles. The fourth-order valence-electron chi connectivity index (χ4n) is 2.52. The van der Waals surface area contributed by atoms with Gasteiger partial charge in [-0.05, 0) is 24.3 Å². The first-order chi connectivity index (χ1) is 14.4. The van der Waals surface area contributed by atoms with Gasteiger partial charge in [0.15, 0.2) is 11.7 Å². The van der Waals surface area contributed by atoms with E-state index < -0.39 is 28.9 Å². The second-order valence-electron chi connectivity index (χ2n) is 5.81. The number of methoxy groups -OCH3 is 2. The SMILES string of the molecule is COc1ccc(OC)c(-c2csc(NC(=O)COc3cc(F)ccc3[N+](=O)[O-])n2)c1. The molecule has 1 heterocycles. The Morgan fingerprint density at radius 3 is 2.70 bits per heavy atom. The van der Waals surface area contributed by atoms with Crippen molar-refractivity contribution in [3.63, 3.8) is 0 Å². The Morgan fingerprint density at radius 2 is 2.00 bits per heavy atom. The summed E-state index contributed by atoms with van der Waals surface area (Å²) in [4.78, 5) is 26.7.